The molecule has 1 aromatic rings. The number of nitrogens with zero attached hydrogens (tertiary/aromatic N) is 1. The highest BCUT2D eigenvalue weighted by molar-refractivity contribution is 6.04. The number of fused-ring (bicyclic) bond motifs is 1. The van der Waals surface area contributed by atoms with Crippen molar-refractivity contribution in [2.24, 2.45) is 5.16 Å². The van der Waals surface area contributed by atoms with Gasteiger partial charge in [0.1, 0.15) is 5.75 Å². The molecule has 0 unspecified atom stereocenters. The van der Waals surface area contributed by atoms with Gasteiger partial charge >= 0.3 is 0 Å². The predicted octanol–water partition coefficient (Wildman–Crippen LogP) is 3.91. The summed E-state index contributed by atoms with van der Waals surface area (Å²) < 4.78 is 6.23. The van der Waals surface area contributed by atoms with E-state index in [4.69, 9.17) is 9.94 Å². The van der Waals surface area contributed by atoms with Gasteiger partial charge in [-0.3, -0.25) is 0 Å². The minimum Gasteiger partial charge on any atom is -0.490 e. The Kier molecular flexibility index (Phi) is 3.72. The van der Waals surface area contributed by atoms with Crippen LogP contribution in [0.5, 0.6) is 5.75 Å². The molecule has 2 aliphatic carbocycles. The van der Waals surface area contributed by atoms with Gasteiger partial charge in [0.15, 0.2) is 0 Å². The molecule has 1 fully saturated rings. The van der Waals surface area contributed by atoms with E-state index < -0.39 is 0 Å². The molecule has 0 amide bonds. The molecule has 3 nitrogen and oxygen atoms in total. The van der Waals surface area contributed by atoms with Crippen LogP contribution in [0, 0.1) is 0 Å². The first-order valence-corrected chi connectivity index (χ1v) is 7.38. The van der Waals surface area contributed by atoms with Crippen LogP contribution in [-0.2, 0) is 6.42 Å². The van der Waals surface area contributed by atoms with Gasteiger partial charge in [-0.1, -0.05) is 30.1 Å². The molecule has 1 saturated carbocycles. The van der Waals surface area contributed by atoms with Crippen LogP contribution >= 0.6 is 0 Å². The van der Waals surface area contributed by atoms with E-state index >= 15 is 0 Å². The summed E-state index contributed by atoms with van der Waals surface area (Å²) in [5.41, 5.74) is 3.08. The Morgan fingerprint density at radius 2 is 1.84 bits per heavy atom. The van der Waals surface area contributed by atoms with Gasteiger partial charge < -0.3 is 9.94 Å². The van der Waals surface area contributed by atoms with E-state index in [1.54, 1.807) is 0 Å². The zero-order valence-electron chi connectivity index (χ0n) is 11.3. The average Bonchev–Trinajstić information content (AvgIpc) is 2.69. The fraction of sp³-hybridized carbons (Fsp3) is 0.562. The van der Waals surface area contributed by atoms with Crippen molar-refractivity contribution in [1.29, 1.82) is 0 Å². The Hall–Kier alpha value is -1.51. The van der Waals surface area contributed by atoms with Crippen molar-refractivity contribution in [1.82, 2.24) is 0 Å². The summed E-state index contributed by atoms with van der Waals surface area (Å²) in [4.78, 5) is 0. The van der Waals surface area contributed by atoms with Gasteiger partial charge in [-0.25, -0.2) is 0 Å². The molecular formula is C16H21NO2. The van der Waals surface area contributed by atoms with Crippen LogP contribution in [0.4, 0.5) is 0 Å². The Morgan fingerprint density at radius 3 is 2.58 bits per heavy atom. The first-order valence-electron chi connectivity index (χ1n) is 7.38. The van der Waals surface area contributed by atoms with Crippen molar-refractivity contribution in [3.8, 4) is 5.75 Å². The lowest BCUT2D eigenvalue weighted by Crippen LogP contribution is -2.16. The Bertz CT molecular complexity index is 474. The van der Waals surface area contributed by atoms with Crippen molar-refractivity contribution >= 4 is 5.71 Å². The second-order valence-electron chi connectivity index (χ2n) is 5.56. The molecule has 0 spiro atoms. The van der Waals surface area contributed by atoms with E-state index in [2.05, 4.69) is 11.2 Å². The summed E-state index contributed by atoms with van der Waals surface area (Å²) in [6.07, 6.45) is 9.70. The summed E-state index contributed by atoms with van der Waals surface area (Å²) in [6, 6.07) is 6.09. The van der Waals surface area contributed by atoms with Gasteiger partial charge in [-0.15, -0.1) is 0 Å². The molecule has 3 rings (SSSR count). The lowest BCUT2D eigenvalue weighted by Gasteiger charge is -2.19. The third-order valence-electron chi connectivity index (χ3n) is 4.27. The van der Waals surface area contributed by atoms with Crippen molar-refractivity contribution in [2.45, 2.75) is 57.5 Å². The topological polar surface area (TPSA) is 41.8 Å². The van der Waals surface area contributed by atoms with Gasteiger partial charge in [-0.2, -0.15) is 0 Å². The minimum atomic E-state index is 0.365. The van der Waals surface area contributed by atoms with Crippen LogP contribution in [0.15, 0.2) is 23.4 Å². The van der Waals surface area contributed by atoms with Crippen molar-refractivity contribution in [2.75, 3.05) is 0 Å². The molecular weight excluding hydrogens is 238 g/mol. The van der Waals surface area contributed by atoms with Gasteiger partial charge in [0.05, 0.1) is 11.8 Å². The SMILES string of the molecule is O/N=C1/CCc2c(OC3CCCCCC3)cccc21. The summed E-state index contributed by atoms with van der Waals surface area (Å²) in [6.45, 7) is 0. The minimum absolute atomic E-state index is 0.365. The van der Waals surface area contributed by atoms with Crippen LogP contribution in [-0.4, -0.2) is 17.0 Å². The standard InChI is InChI=1S/C16H21NO2/c18-17-15-11-10-14-13(15)8-5-9-16(14)19-12-6-3-1-2-4-7-12/h5,8-9,12,18H,1-4,6-7,10-11H2/b17-15-. The number of hydrogen-bond acceptors (Lipinski definition) is 3. The van der Waals surface area contributed by atoms with Crippen molar-refractivity contribution in [3.05, 3.63) is 29.3 Å². The van der Waals surface area contributed by atoms with Gasteiger partial charge in [0, 0.05) is 11.1 Å². The van der Waals surface area contributed by atoms with E-state index in [1.165, 1.54) is 44.1 Å². The number of oxime groups is 1. The van der Waals surface area contributed by atoms with Crippen molar-refractivity contribution in [3.63, 3.8) is 0 Å². The Balaban J connectivity index is 1.80. The fourth-order valence-electron chi connectivity index (χ4n) is 3.23. The van der Waals surface area contributed by atoms with E-state index in [9.17, 15) is 0 Å². The summed E-state index contributed by atoms with van der Waals surface area (Å²) in [5.74, 6) is 1.00. The fourth-order valence-corrected chi connectivity index (χ4v) is 3.23. The second kappa shape index (κ2) is 5.64. The van der Waals surface area contributed by atoms with Gasteiger partial charge in [-0.05, 0) is 44.6 Å². The highest BCUT2D eigenvalue weighted by Crippen LogP contribution is 2.33. The molecule has 0 radical (unpaired) electrons. The Morgan fingerprint density at radius 1 is 1.05 bits per heavy atom. The lowest BCUT2D eigenvalue weighted by molar-refractivity contribution is 0.182. The first kappa shape index (κ1) is 12.5. The quantitative estimate of drug-likeness (QED) is 0.497. The third kappa shape index (κ3) is 2.60. The van der Waals surface area contributed by atoms with Crippen LogP contribution in [0.25, 0.3) is 0 Å². The van der Waals surface area contributed by atoms with E-state index in [1.807, 2.05) is 12.1 Å². The summed E-state index contributed by atoms with van der Waals surface area (Å²) >= 11 is 0. The largest absolute Gasteiger partial charge is 0.490 e. The molecule has 0 bridgehead atoms. The van der Waals surface area contributed by atoms with Gasteiger partial charge in [0.2, 0.25) is 0 Å². The van der Waals surface area contributed by atoms with E-state index in [0.717, 1.165) is 29.9 Å². The maximum absolute atomic E-state index is 9.01. The molecule has 2 aliphatic rings. The van der Waals surface area contributed by atoms with Crippen LogP contribution in [0.1, 0.15) is 56.1 Å². The lowest BCUT2D eigenvalue weighted by atomic mass is 10.1. The maximum atomic E-state index is 9.01. The van der Waals surface area contributed by atoms with E-state index in [-0.39, 0.29) is 0 Å². The van der Waals surface area contributed by atoms with E-state index in [0.29, 0.717) is 6.10 Å². The zero-order valence-corrected chi connectivity index (χ0v) is 11.3. The molecule has 0 atom stereocenters. The molecule has 1 N–H and O–H groups in total. The molecule has 0 aromatic heterocycles. The molecule has 0 heterocycles. The highest BCUT2D eigenvalue weighted by atomic mass is 16.5. The monoisotopic (exact) mass is 259 g/mol. The number of ether oxygens (including phenoxy) is 1. The third-order valence-corrected chi connectivity index (χ3v) is 4.27. The number of benzene rings is 1. The predicted molar refractivity (Wildman–Crippen MR) is 75.2 cm³/mol. The van der Waals surface area contributed by atoms with Crippen LogP contribution in [0.3, 0.4) is 0 Å². The molecule has 0 aliphatic heterocycles. The smallest absolute Gasteiger partial charge is 0.123 e. The van der Waals surface area contributed by atoms with Crippen LogP contribution < -0.4 is 4.74 Å². The second-order valence-corrected chi connectivity index (χ2v) is 5.56. The highest BCUT2D eigenvalue weighted by Gasteiger charge is 2.23. The molecule has 102 valence electrons. The molecule has 19 heavy (non-hydrogen) atoms. The maximum Gasteiger partial charge on any atom is 0.123 e. The van der Waals surface area contributed by atoms with Crippen molar-refractivity contribution < 1.29 is 9.94 Å². The zero-order chi connectivity index (χ0) is 13.1. The Labute approximate surface area is 114 Å². The number of hydrogen-bond donors (Lipinski definition) is 1. The average molecular weight is 259 g/mol. The summed E-state index contributed by atoms with van der Waals surface area (Å²) in [5, 5.41) is 12.4. The number of rotatable bonds is 2. The molecule has 3 heteroatoms. The normalized spacial score (nSPS) is 22.2. The molecule has 0 saturated heterocycles. The van der Waals surface area contributed by atoms with Crippen LogP contribution in [0.2, 0.25) is 0 Å². The molecule has 1 aromatic carbocycles. The van der Waals surface area contributed by atoms with Gasteiger partial charge in [0.25, 0.3) is 0 Å². The summed E-state index contributed by atoms with van der Waals surface area (Å²) in [7, 11) is 0. The first-order chi connectivity index (χ1) is 9.38.